The maximum atomic E-state index is 12.8. The normalized spacial score (nSPS) is 23.2. The molecular formula is C18H22N2O2S2. The number of amides is 1. The Balaban J connectivity index is 1.81. The molecule has 2 heterocycles. The van der Waals surface area contributed by atoms with Crippen LogP contribution in [0.1, 0.15) is 32.6 Å². The molecule has 1 aromatic rings. The zero-order valence-electron chi connectivity index (χ0n) is 14.0. The highest BCUT2D eigenvalue weighted by Crippen LogP contribution is 2.36. The first-order chi connectivity index (χ1) is 11.6. The first-order valence-electron chi connectivity index (χ1n) is 8.32. The number of piperidine rings is 1. The lowest BCUT2D eigenvalue weighted by molar-refractivity contribution is -0.113. The molecule has 0 aliphatic carbocycles. The second kappa shape index (κ2) is 7.57. The molecule has 1 atom stereocenters. The molecule has 24 heavy (non-hydrogen) atoms. The minimum atomic E-state index is -0.0319. The molecule has 2 aliphatic rings. The summed E-state index contributed by atoms with van der Waals surface area (Å²) in [6.45, 7) is 3.23. The third kappa shape index (κ3) is 3.44. The van der Waals surface area contributed by atoms with Gasteiger partial charge in [0.25, 0.3) is 5.91 Å². The summed E-state index contributed by atoms with van der Waals surface area (Å²) < 4.78 is 5.76. The molecule has 0 bridgehead atoms. The number of hydrogen-bond donors (Lipinski definition) is 0. The Hall–Kier alpha value is -1.53. The summed E-state index contributed by atoms with van der Waals surface area (Å²) >= 11 is 6.83. The summed E-state index contributed by atoms with van der Waals surface area (Å²) in [4.78, 5) is 17.5. The lowest BCUT2D eigenvalue weighted by Crippen LogP contribution is -2.35. The number of rotatable bonds is 4. The predicted molar refractivity (Wildman–Crippen MR) is 103 cm³/mol. The Labute approximate surface area is 152 Å². The molecule has 1 aromatic carbocycles. The summed E-state index contributed by atoms with van der Waals surface area (Å²) in [7, 11) is 1.63. The van der Waals surface area contributed by atoms with Gasteiger partial charge >= 0.3 is 0 Å². The second-order valence-electron chi connectivity index (χ2n) is 6.00. The minimum absolute atomic E-state index is 0.0319. The van der Waals surface area contributed by atoms with Gasteiger partial charge in [-0.15, -0.1) is 0 Å². The molecular weight excluding hydrogens is 340 g/mol. The Morgan fingerprint density at radius 3 is 2.75 bits per heavy atom. The quantitative estimate of drug-likeness (QED) is 0.593. The number of benzene rings is 1. The molecule has 0 N–H and O–H groups in total. The van der Waals surface area contributed by atoms with Crippen molar-refractivity contribution in [3.63, 3.8) is 0 Å². The molecule has 0 spiro atoms. The lowest BCUT2D eigenvalue weighted by atomic mass is 10.0. The largest absolute Gasteiger partial charge is 0.497 e. The van der Waals surface area contributed by atoms with Crippen LogP contribution in [0.25, 0.3) is 0 Å². The fraction of sp³-hybridized carbons (Fsp3) is 0.444. The van der Waals surface area contributed by atoms with E-state index in [4.69, 9.17) is 17.0 Å². The van der Waals surface area contributed by atoms with Gasteiger partial charge in [0.2, 0.25) is 0 Å². The maximum absolute atomic E-state index is 12.8. The van der Waals surface area contributed by atoms with E-state index < -0.39 is 0 Å². The van der Waals surface area contributed by atoms with Gasteiger partial charge in [0.1, 0.15) is 5.75 Å². The smallest absolute Gasteiger partial charge is 0.272 e. The molecule has 0 radical (unpaired) electrons. The summed E-state index contributed by atoms with van der Waals surface area (Å²) in [6, 6.07) is 7.94. The van der Waals surface area contributed by atoms with Crippen LogP contribution in [-0.2, 0) is 4.79 Å². The van der Waals surface area contributed by atoms with E-state index in [-0.39, 0.29) is 5.91 Å². The highest BCUT2D eigenvalue weighted by Gasteiger charge is 2.34. The molecule has 2 aliphatic heterocycles. The first kappa shape index (κ1) is 17.3. The van der Waals surface area contributed by atoms with Crippen LogP contribution < -0.4 is 9.64 Å². The van der Waals surface area contributed by atoms with Gasteiger partial charge in [-0.05, 0) is 49.9 Å². The van der Waals surface area contributed by atoms with Gasteiger partial charge in [0.15, 0.2) is 4.32 Å². The lowest BCUT2D eigenvalue weighted by Gasteiger charge is -2.34. The molecule has 2 fully saturated rings. The molecule has 0 unspecified atom stereocenters. The van der Waals surface area contributed by atoms with Gasteiger partial charge in [-0.3, -0.25) is 9.69 Å². The van der Waals surface area contributed by atoms with Crippen molar-refractivity contribution >= 4 is 39.9 Å². The highest BCUT2D eigenvalue weighted by molar-refractivity contribution is 8.27. The van der Waals surface area contributed by atoms with Gasteiger partial charge in [-0.25, -0.2) is 0 Å². The SMILES string of the molecule is CC[C@H]1CCCCN1/C=C1/SC(=S)N(c2ccc(OC)cc2)C1=O. The molecule has 0 saturated carbocycles. The van der Waals surface area contributed by atoms with Crippen molar-refractivity contribution in [2.45, 2.75) is 38.6 Å². The molecule has 1 amide bonds. The predicted octanol–water partition coefficient (Wildman–Crippen LogP) is 4.17. The molecule has 128 valence electrons. The van der Waals surface area contributed by atoms with E-state index in [2.05, 4.69) is 11.8 Å². The number of thiocarbonyl (C=S) groups is 1. The van der Waals surface area contributed by atoms with Crippen LogP contribution in [0.3, 0.4) is 0 Å². The third-order valence-corrected chi connectivity index (χ3v) is 5.84. The summed E-state index contributed by atoms with van der Waals surface area (Å²) in [5, 5.41) is 0. The van der Waals surface area contributed by atoms with E-state index >= 15 is 0 Å². The Morgan fingerprint density at radius 1 is 1.33 bits per heavy atom. The Morgan fingerprint density at radius 2 is 2.08 bits per heavy atom. The van der Waals surface area contributed by atoms with Crippen molar-refractivity contribution in [3.05, 3.63) is 35.4 Å². The van der Waals surface area contributed by atoms with E-state index in [1.807, 2.05) is 30.5 Å². The monoisotopic (exact) mass is 362 g/mol. The number of nitrogens with zero attached hydrogens (tertiary/aromatic N) is 2. The third-order valence-electron chi connectivity index (χ3n) is 4.55. The van der Waals surface area contributed by atoms with E-state index in [0.717, 1.165) is 29.3 Å². The summed E-state index contributed by atoms with van der Waals surface area (Å²) in [5.74, 6) is 0.731. The van der Waals surface area contributed by atoms with Gasteiger partial charge in [-0.1, -0.05) is 30.9 Å². The van der Waals surface area contributed by atoms with E-state index in [1.54, 1.807) is 12.0 Å². The number of likely N-dealkylation sites (tertiary alicyclic amines) is 1. The number of ether oxygens (including phenoxy) is 1. The van der Waals surface area contributed by atoms with Crippen LogP contribution in [0.4, 0.5) is 5.69 Å². The summed E-state index contributed by atoms with van der Waals surface area (Å²) in [6.07, 6.45) is 6.79. The zero-order chi connectivity index (χ0) is 17.1. The topological polar surface area (TPSA) is 32.8 Å². The van der Waals surface area contributed by atoms with Crippen LogP contribution in [0.2, 0.25) is 0 Å². The van der Waals surface area contributed by atoms with Crippen LogP contribution >= 0.6 is 24.0 Å². The first-order valence-corrected chi connectivity index (χ1v) is 9.54. The molecule has 3 rings (SSSR count). The zero-order valence-corrected chi connectivity index (χ0v) is 15.7. The number of carbonyl (C=O) groups excluding carboxylic acids is 1. The van der Waals surface area contributed by atoms with Crippen LogP contribution in [-0.4, -0.2) is 34.8 Å². The van der Waals surface area contributed by atoms with Crippen molar-refractivity contribution in [2.75, 3.05) is 18.6 Å². The number of thioether (sulfide) groups is 1. The second-order valence-corrected chi connectivity index (χ2v) is 7.67. The van der Waals surface area contributed by atoms with Crippen molar-refractivity contribution < 1.29 is 9.53 Å². The van der Waals surface area contributed by atoms with Gasteiger partial charge < -0.3 is 9.64 Å². The standard InChI is InChI=1S/C18H22N2O2S2/c1-3-13-6-4-5-11-19(13)12-16-17(21)20(18(23)24-16)14-7-9-15(22-2)10-8-14/h7-10,12-13H,3-6,11H2,1-2H3/b16-12+/t13-/m0/s1. The van der Waals surface area contributed by atoms with Gasteiger partial charge in [-0.2, -0.15) is 0 Å². The number of methoxy groups -OCH3 is 1. The van der Waals surface area contributed by atoms with Crippen LogP contribution in [0.15, 0.2) is 35.4 Å². The molecule has 6 heteroatoms. The number of carbonyl (C=O) groups is 1. The van der Waals surface area contributed by atoms with Crippen molar-refractivity contribution in [1.82, 2.24) is 4.90 Å². The van der Waals surface area contributed by atoms with Crippen molar-refractivity contribution in [2.24, 2.45) is 0 Å². The van der Waals surface area contributed by atoms with Crippen LogP contribution in [0.5, 0.6) is 5.75 Å². The highest BCUT2D eigenvalue weighted by atomic mass is 32.2. The maximum Gasteiger partial charge on any atom is 0.272 e. The van der Waals surface area contributed by atoms with Gasteiger partial charge in [0.05, 0.1) is 17.7 Å². The van der Waals surface area contributed by atoms with E-state index in [1.165, 1.54) is 31.0 Å². The Bertz CT molecular complexity index is 657. The van der Waals surface area contributed by atoms with E-state index in [9.17, 15) is 4.79 Å². The fourth-order valence-corrected chi connectivity index (χ4v) is 4.49. The van der Waals surface area contributed by atoms with Crippen molar-refractivity contribution in [1.29, 1.82) is 0 Å². The molecule has 0 aromatic heterocycles. The van der Waals surface area contributed by atoms with Crippen LogP contribution in [0, 0.1) is 0 Å². The number of anilines is 1. The molecule has 4 nitrogen and oxygen atoms in total. The average molecular weight is 363 g/mol. The molecule has 2 saturated heterocycles. The van der Waals surface area contributed by atoms with E-state index in [0.29, 0.717) is 10.4 Å². The number of hydrogen-bond acceptors (Lipinski definition) is 5. The minimum Gasteiger partial charge on any atom is -0.497 e. The Kier molecular flexibility index (Phi) is 5.46. The van der Waals surface area contributed by atoms with Crippen molar-refractivity contribution in [3.8, 4) is 5.75 Å². The van der Waals surface area contributed by atoms with Gasteiger partial charge in [0, 0.05) is 18.8 Å². The summed E-state index contributed by atoms with van der Waals surface area (Å²) in [5.41, 5.74) is 0.785. The fourth-order valence-electron chi connectivity index (χ4n) is 3.19. The average Bonchev–Trinajstić information content (AvgIpc) is 2.89.